The minimum absolute atomic E-state index is 0.304. The molecule has 0 bridgehead atoms. The normalized spacial score (nSPS) is 8.17. The summed E-state index contributed by atoms with van der Waals surface area (Å²) >= 11 is 2.74. The Kier molecular flexibility index (Phi) is 5.66. The summed E-state index contributed by atoms with van der Waals surface area (Å²) in [6.45, 7) is 0.304. The van der Waals surface area contributed by atoms with Crippen LogP contribution in [0.5, 0.6) is 0 Å². The Morgan fingerprint density at radius 3 is 2.50 bits per heavy atom. The number of rotatable bonds is 3. The molecule has 6 heavy (non-hydrogen) atoms. The molecule has 0 aromatic heterocycles. The fourth-order valence-electron chi connectivity index (χ4n) is 0.175. The summed E-state index contributed by atoms with van der Waals surface area (Å²) in [5.41, 5.74) is 0. The van der Waals surface area contributed by atoms with Crippen molar-refractivity contribution < 1.29 is 5.11 Å². The van der Waals surface area contributed by atoms with Crippen molar-refractivity contribution in [3.63, 3.8) is 0 Å². The first-order chi connectivity index (χ1) is 2.91. The Morgan fingerprint density at radius 1 is 1.67 bits per heavy atom. The van der Waals surface area contributed by atoms with Crippen molar-refractivity contribution in [3.8, 4) is 0 Å². The summed E-state index contributed by atoms with van der Waals surface area (Å²) < 4.78 is 0. The molecule has 0 fully saturated rings. The maximum absolute atomic E-state index is 8.16. The summed E-state index contributed by atoms with van der Waals surface area (Å²) in [6, 6.07) is 0. The number of hydrogen-bond donors (Lipinski definition) is 1. The van der Waals surface area contributed by atoms with Gasteiger partial charge in [-0.3, -0.25) is 0 Å². The average Bonchev–Trinajstić information content (AvgIpc) is 1.61. The van der Waals surface area contributed by atoms with Crippen molar-refractivity contribution in [2.45, 2.75) is 12.8 Å². The van der Waals surface area contributed by atoms with Crippen LogP contribution in [0.25, 0.3) is 0 Å². The van der Waals surface area contributed by atoms with Crippen LogP contribution in [-0.2, 0) is 0 Å². The van der Waals surface area contributed by atoms with E-state index in [0.717, 1.165) is 12.8 Å². The molecule has 0 saturated carbocycles. The zero-order valence-electron chi connectivity index (χ0n) is 3.55. The Labute approximate surface area is 45.7 Å². The molecule has 0 unspecified atom stereocenters. The van der Waals surface area contributed by atoms with Gasteiger partial charge in [0.05, 0.1) is 0 Å². The zero-order chi connectivity index (χ0) is 4.83. The van der Waals surface area contributed by atoms with Gasteiger partial charge in [-0.15, -0.1) is 0 Å². The maximum atomic E-state index is 8.16. The molecule has 0 rings (SSSR count). The Morgan fingerprint density at radius 2 is 2.33 bits per heavy atom. The van der Waals surface area contributed by atoms with Gasteiger partial charge in [0, 0.05) is 0 Å². The van der Waals surface area contributed by atoms with E-state index in [1.54, 1.807) is 0 Å². The van der Waals surface area contributed by atoms with Gasteiger partial charge in [0.25, 0.3) is 0 Å². The van der Waals surface area contributed by atoms with Gasteiger partial charge in [-0.2, -0.15) is 0 Å². The molecular formula is C4H8OSe. The van der Waals surface area contributed by atoms with E-state index in [4.69, 9.17) is 5.11 Å². The molecule has 0 amide bonds. The second-order valence-corrected chi connectivity index (χ2v) is 1.73. The fourth-order valence-corrected chi connectivity index (χ4v) is 0.524. The average molecular weight is 151 g/mol. The van der Waals surface area contributed by atoms with Crippen LogP contribution >= 0.6 is 0 Å². The van der Waals surface area contributed by atoms with Gasteiger partial charge in [-0.1, -0.05) is 0 Å². The van der Waals surface area contributed by atoms with E-state index in [1.807, 2.05) is 4.92 Å². The van der Waals surface area contributed by atoms with Crippen molar-refractivity contribution in [2.24, 2.45) is 0 Å². The molecule has 0 aliphatic carbocycles. The fraction of sp³-hybridized carbons (Fsp3) is 0.750. The number of unbranched alkanes of at least 4 members (excludes halogenated alkanes) is 1. The SMILES string of the molecule is OCCCC=[Se]. The first kappa shape index (κ1) is 6.35. The quantitative estimate of drug-likeness (QED) is 0.434. The molecule has 0 aromatic carbocycles. The molecule has 0 radical (unpaired) electrons. The molecular weight excluding hydrogens is 143 g/mol. The standard InChI is InChI=1S/C4H8OSe/c5-3-1-2-4-6/h4-5H,1-3H2. The van der Waals surface area contributed by atoms with Crippen molar-refractivity contribution >= 4 is 20.5 Å². The van der Waals surface area contributed by atoms with Crippen LogP contribution < -0.4 is 0 Å². The monoisotopic (exact) mass is 152 g/mol. The molecule has 1 nitrogen and oxygen atoms in total. The third-order valence-corrected chi connectivity index (χ3v) is 0.975. The second-order valence-electron chi connectivity index (χ2n) is 1.03. The van der Waals surface area contributed by atoms with Crippen molar-refractivity contribution in [2.75, 3.05) is 6.61 Å². The van der Waals surface area contributed by atoms with Crippen molar-refractivity contribution in [1.82, 2.24) is 0 Å². The molecule has 0 aliphatic rings. The van der Waals surface area contributed by atoms with Crippen LogP contribution in [0, 0.1) is 0 Å². The number of aliphatic hydroxyl groups excluding tert-OH is 1. The van der Waals surface area contributed by atoms with Crippen LogP contribution in [0.2, 0.25) is 0 Å². The molecule has 36 valence electrons. The molecule has 0 aliphatic heterocycles. The third-order valence-electron chi connectivity index (χ3n) is 0.480. The summed E-state index contributed by atoms with van der Waals surface area (Å²) in [6.07, 6.45) is 1.86. The minimum atomic E-state index is 0.304. The molecule has 0 spiro atoms. The van der Waals surface area contributed by atoms with Gasteiger partial charge in [0.2, 0.25) is 0 Å². The first-order valence-corrected chi connectivity index (χ1v) is 2.95. The van der Waals surface area contributed by atoms with E-state index < -0.39 is 0 Å². The number of hydrogen-bond acceptors (Lipinski definition) is 1. The van der Waals surface area contributed by atoms with Crippen molar-refractivity contribution in [1.29, 1.82) is 0 Å². The van der Waals surface area contributed by atoms with Crippen LogP contribution in [-0.4, -0.2) is 32.2 Å². The van der Waals surface area contributed by atoms with Crippen LogP contribution in [0.3, 0.4) is 0 Å². The van der Waals surface area contributed by atoms with E-state index in [-0.39, 0.29) is 0 Å². The van der Waals surface area contributed by atoms with Gasteiger partial charge in [0.15, 0.2) is 0 Å². The number of aliphatic hydroxyl groups is 1. The summed E-state index contributed by atoms with van der Waals surface area (Å²) in [5.74, 6) is 0. The molecule has 0 heterocycles. The van der Waals surface area contributed by atoms with Gasteiger partial charge in [0.1, 0.15) is 0 Å². The second kappa shape index (κ2) is 5.35. The molecule has 0 saturated heterocycles. The predicted molar refractivity (Wildman–Crippen MR) is 28.1 cm³/mol. The summed E-state index contributed by atoms with van der Waals surface area (Å²) in [7, 11) is 0. The van der Waals surface area contributed by atoms with Crippen molar-refractivity contribution in [3.05, 3.63) is 0 Å². The van der Waals surface area contributed by atoms with Gasteiger partial charge < -0.3 is 0 Å². The van der Waals surface area contributed by atoms with E-state index in [0.29, 0.717) is 6.61 Å². The van der Waals surface area contributed by atoms with Crippen LogP contribution in [0.15, 0.2) is 0 Å². The van der Waals surface area contributed by atoms with Gasteiger partial charge in [-0.25, -0.2) is 0 Å². The van der Waals surface area contributed by atoms with Crippen LogP contribution in [0.1, 0.15) is 12.8 Å². The van der Waals surface area contributed by atoms with E-state index in [1.165, 1.54) is 0 Å². The van der Waals surface area contributed by atoms with Gasteiger partial charge >= 0.3 is 45.1 Å². The third kappa shape index (κ3) is 4.35. The predicted octanol–water partition coefficient (Wildman–Crippen LogP) is -0.270. The summed E-state index contributed by atoms with van der Waals surface area (Å²) in [4.78, 5) is 1.93. The van der Waals surface area contributed by atoms with E-state index in [9.17, 15) is 0 Å². The topological polar surface area (TPSA) is 20.2 Å². The Hall–Kier alpha value is 0.349. The Balaban J connectivity index is 2.49. The zero-order valence-corrected chi connectivity index (χ0v) is 5.27. The molecule has 0 aromatic rings. The molecule has 1 N–H and O–H groups in total. The van der Waals surface area contributed by atoms with E-state index >= 15 is 0 Å². The van der Waals surface area contributed by atoms with E-state index in [2.05, 4.69) is 15.6 Å². The Bertz CT molecular complexity index is 36.5. The first-order valence-electron chi connectivity index (χ1n) is 1.96. The van der Waals surface area contributed by atoms with Gasteiger partial charge in [-0.05, 0) is 0 Å². The summed E-state index contributed by atoms with van der Waals surface area (Å²) in [5, 5.41) is 8.16. The van der Waals surface area contributed by atoms with Crippen LogP contribution in [0.4, 0.5) is 0 Å². The molecule has 2 heteroatoms. The molecule has 0 atom stereocenters.